The van der Waals surface area contributed by atoms with Crippen LogP contribution in [0.2, 0.25) is 0 Å². The summed E-state index contributed by atoms with van der Waals surface area (Å²) < 4.78 is 60.2. The quantitative estimate of drug-likeness (QED) is 0.596. The summed E-state index contributed by atoms with van der Waals surface area (Å²) >= 11 is 0. The molecule has 1 unspecified atom stereocenters. The molecule has 0 rings (SSSR count). The van der Waals surface area contributed by atoms with Crippen molar-refractivity contribution in [1.29, 1.82) is 0 Å². The van der Waals surface area contributed by atoms with Crippen LogP contribution in [0.15, 0.2) is 0 Å². The lowest BCUT2D eigenvalue weighted by Crippen LogP contribution is -2.28. The van der Waals surface area contributed by atoms with Crippen LogP contribution in [-0.4, -0.2) is 12.1 Å². The van der Waals surface area contributed by atoms with Crippen LogP contribution in [-0.2, 0) is 0 Å². The summed E-state index contributed by atoms with van der Waals surface area (Å²) in [6.07, 6.45) is -6.18. The molecule has 0 aliphatic heterocycles. The lowest BCUT2D eigenvalue weighted by atomic mass is 10.0. The van der Waals surface area contributed by atoms with Crippen molar-refractivity contribution >= 4 is 0 Å². The van der Waals surface area contributed by atoms with E-state index in [9.17, 15) is 22.0 Å². The Hall–Kier alpha value is -0.350. The molecule has 0 saturated heterocycles. The second-order valence-electron chi connectivity index (χ2n) is 2.86. The number of halogens is 5. The molecule has 0 bridgehead atoms. The molecule has 0 heterocycles. The van der Waals surface area contributed by atoms with Crippen molar-refractivity contribution in [3.8, 4) is 0 Å². The lowest BCUT2D eigenvalue weighted by Gasteiger charge is -2.21. The van der Waals surface area contributed by atoms with Gasteiger partial charge >= 0.3 is 6.18 Å². The van der Waals surface area contributed by atoms with Gasteiger partial charge in [0.05, 0.1) is 5.92 Å². The van der Waals surface area contributed by atoms with E-state index >= 15 is 0 Å². The summed E-state index contributed by atoms with van der Waals surface area (Å²) in [5, 5.41) is 0. The first-order valence-electron chi connectivity index (χ1n) is 3.63. The monoisotopic (exact) mass is 190 g/mol. The van der Waals surface area contributed by atoms with E-state index in [4.69, 9.17) is 0 Å². The summed E-state index contributed by atoms with van der Waals surface area (Å²) in [5.41, 5.74) is 0. The number of rotatable bonds is 3. The van der Waals surface area contributed by atoms with Crippen molar-refractivity contribution in [1.82, 2.24) is 0 Å². The molecule has 0 aromatic rings. The van der Waals surface area contributed by atoms with E-state index in [2.05, 4.69) is 0 Å². The second kappa shape index (κ2) is 3.58. The van der Waals surface area contributed by atoms with Gasteiger partial charge in [0.2, 0.25) is 5.92 Å². The van der Waals surface area contributed by atoms with Crippen LogP contribution in [0.25, 0.3) is 0 Å². The van der Waals surface area contributed by atoms with Gasteiger partial charge in [-0.1, -0.05) is 13.8 Å². The minimum Gasteiger partial charge on any atom is -0.207 e. The first-order chi connectivity index (χ1) is 5.19. The van der Waals surface area contributed by atoms with E-state index in [0.717, 1.165) is 6.92 Å². The van der Waals surface area contributed by atoms with Crippen LogP contribution in [0.5, 0.6) is 0 Å². The number of hydrogen-bond acceptors (Lipinski definition) is 0. The van der Waals surface area contributed by atoms with Crippen molar-refractivity contribution in [2.45, 2.75) is 38.8 Å². The predicted octanol–water partition coefficient (Wildman–Crippen LogP) is 3.62. The van der Waals surface area contributed by atoms with E-state index in [0.29, 0.717) is 0 Å². The molecule has 0 saturated carbocycles. The van der Waals surface area contributed by atoms with Gasteiger partial charge in [-0.25, -0.2) is 8.78 Å². The third kappa shape index (κ3) is 3.88. The summed E-state index contributed by atoms with van der Waals surface area (Å²) in [7, 11) is 0. The highest BCUT2D eigenvalue weighted by Gasteiger charge is 2.42. The zero-order chi connectivity index (χ0) is 9.99. The Morgan fingerprint density at radius 1 is 1.08 bits per heavy atom. The predicted molar refractivity (Wildman–Crippen MR) is 35.1 cm³/mol. The maximum absolute atomic E-state index is 12.4. The molecule has 1 atom stereocenters. The molecule has 0 nitrogen and oxygen atoms in total. The van der Waals surface area contributed by atoms with Crippen LogP contribution in [0, 0.1) is 5.92 Å². The van der Waals surface area contributed by atoms with Gasteiger partial charge < -0.3 is 0 Å². The van der Waals surface area contributed by atoms with Crippen molar-refractivity contribution in [3.63, 3.8) is 0 Å². The van der Waals surface area contributed by atoms with Crippen molar-refractivity contribution in [2.75, 3.05) is 0 Å². The molecule has 5 heteroatoms. The summed E-state index contributed by atoms with van der Waals surface area (Å²) in [6.45, 7) is 1.94. The Kier molecular flexibility index (Phi) is 3.47. The Morgan fingerprint density at radius 3 is 1.75 bits per heavy atom. The van der Waals surface area contributed by atoms with Crippen LogP contribution in [0.4, 0.5) is 22.0 Å². The van der Waals surface area contributed by atoms with Gasteiger partial charge in [-0.3, -0.25) is 0 Å². The fraction of sp³-hybridized carbons (Fsp3) is 1.00. The van der Waals surface area contributed by atoms with Gasteiger partial charge in [0.25, 0.3) is 0 Å². The third-order valence-electron chi connectivity index (χ3n) is 1.68. The molecule has 0 fully saturated rings. The van der Waals surface area contributed by atoms with Crippen LogP contribution in [0.3, 0.4) is 0 Å². The Balaban J connectivity index is 4.09. The van der Waals surface area contributed by atoms with Gasteiger partial charge in [-0.05, 0) is 0 Å². The highest BCUT2D eigenvalue weighted by Crippen LogP contribution is 2.35. The maximum Gasteiger partial charge on any atom is 0.391 e. The Morgan fingerprint density at radius 2 is 1.50 bits per heavy atom. The highest BCUT2D eigenvalue weighted by molar-refractivity contribution is 4.72. The van der Waals surface area contributed by atoms with Gasteiger partial charge in [0, 0.05) is 12.8 Å². The number of alkyl halides is 5. The summed E-state index contributed by atoms with van der Waals surface area (Å²) in [6, 6.07) is 0. The van der Waals surface area contributed by atoms with Crippen LogP contribution < -0.4 is 0 Å². The fourth-order valence-corrected chi connectivity index (χ4v) is 0.708. The first-order valence-corrected chi connectivity index (χ1v) is 3.63. The molecule has 74 valence electrons. The third-order valence-corrected chi connectivity index (χ3v) is 1.68. The standard InChI is InChI=1S/C7H11F5/c1-3-6(8,9)4-5(2)7(10,11)12/h5H,3-4H2,1-2H3. The van der Waals surface area contributed by atoms with E-state index in [-0.39, 0.29) is 0 Å². The van der Waals surface area contributed by atoms with E-state index < -0.39 is 30.9 Å². The van der Waals surface area contributed by atoms with Crippen molar-refractivity contribution < 1.29 is 22.0 Å². The molecule has 0 radical (unpaired) electrons. The summed E-state index contributed by atoms with van der Waals surface area (Å²) in [5.74, 6) is -5.14. The average molecular weight is 190 g/mol. The minimum atomic E-state index is -4.52. The van der Waals surface area contributed by atoms with E-state index in [1.165, 1.54) is 6.92 Å². The highest BCUT2D eigenvalue weighted by atomic mass is 19.4. The Bertz CT molecular complexity index is 137. The second-order valence-corrected chi connectivity index (χ2v) is 2.86. The smallest absolute Gasteiger partial charge is 0.207 e. The largest absolute Gasteiger partial charge is 0.391 e. The molecule has 0 amide bonds. The molecule has 0 aromatic heterocycles. The van der Waals surface area contributed by atoms with Gasteiger partial charge in [-0.2, -0.15) is 13.2 Å². The lowest BCUT2D eigenvalue weighted by molar-refractivity contribution is -0.189. The molecule has 0 aliphatic rings. The molecule has 0 aliphatic carbocycles. The molecular formula is C7H11F5. The zero-order valence-corrected chi connectivity index (χ0v) is 6.88. The van der Waals surface area contributed by atoms with Gasteiger partial charge in [-0.15, -0.1) is 0 Å². The maximum atomic E-state index is 12.4. The molecule has 0 aromatic carbocycles. The van der Waals surface area contributed by atoms with E-state index in [1.54, 1.807) is 0 Å². The molecule has 12 heavy (non-hydrogen) atoms. The van der Waals surface area contributed by atoms with Crippen molar-refractivity contribution in [2.24, 2.45) is 5.92 Å². The van der Waals surface area contributed by atoms with Gasteiger partial charge in [0.1, 0.15) is 0 Å². The first kappa shape index (κ1) is 11.6. The summed E-state index contributed by atoms with van der Waals surface area (Å²) in [4.78, 5) is 0. The average Bonchev–Trinajstić information content (AvgIpc) is 1.85. The number of hydrogen-bond donors (Lipinski definition) is 0. The fourth-order valence-electron chi connectivity index (χ4n) is 0.708. The topological polar surface area (TPSA) is 0 Å². The Labute approximate surface area is 67.8 Å². The zero-order valence-electron chi connectivity index (χ0n) is 6.88. The minimum absolute atomic E-state index is 0.548. The molecule has 0 spiro atoms. The normalized spacial score (nSPS) is 16.2. The van der Waals surface area contributed by atoms with Crippen LogP contribution >= 0.6 is 0 Å². The molecule has 0 N–H and O–H groups in total. The van der Waals surface area contributed by atoms with E-state index in [1.807, 2.05) is 0 Å². The van der Waals surface area contributed by atoms with Crippen molar-refractivity contribution in [3.05, 3.63) is 0 Å². The van der Waals surface area contributed by atoms with Crippen LogP contribution in [0.1, 0.15) is 26.7 Å². The van der Waals surface area contributed by atoms with Gasteiger partial charge in [0.15, 0.2) is 0 Å². The SMILES string of the molecule is CCC(F)(F)CC(C)C(F)(F)F. The molecular weight excluding hydrogens is 179 g/mol.